The Kier molecular flexibility index (Phi) is 7.51. The van der Waals surface area contributed by atoms with Crippen LogP contribution in [-0.4, -0.2) is 19.0 Å². The van der Waals surface area contributed by atoms with E-state index in [2.05, 4.69) is 17.8 Å². The summed E-state index contributed by atoms with van der Waals surface area (Å²) in [4.78, 5) is 24.2. The summed E-state index contributed by atoms with van der Waals surface area (Å²) in [5.74, 6) is -0.459. The topological polar surface area (TPSA) is 67.4 Å². The molecule has 0 aromatic heterocycles. The fourth-order valence-corrected chi connectivity index (χ4v) is 3.28. The van der Waals surface area contributed by atoms with Gasteiger partial charge >= 0.3 is 5.97 Å². The van der Waals surface area contributed by atoms with Gasteiger partial charge in [-0.15, -0.1) is 0 Å². The van der Waals surface area contributed by atoms with Gasteiger partial charge in [0.25, 0.3) is 5.91 Å². The van der Waals surface area contributed by atoms with Crippen LogP contribution in [-0.2, 0) is 9.53 Å². The molecule has 0 spiro atoms. The summed E-state index contributed by atoms with van der Waals surface area (Å²) in [7, 11) is 1.43. The molecule has 0 heterocycles. The number of amides is 1. The third-order valence-electron chi connectivity index (χ3n) is 4.71. The number of unbranched alkanes of at least 4 members (excludes halogenated alkanes) is 3. The van der Waals surface area contributed by atoms with Crippen molar-refractivity contribution in [3.63, 3.8) is 0 Å². The lowest BCUT2D eigenvalue weighted by atomic mass is 9.89. The molecular weight excluding hydrogens is 316 g/mol. The Labute approximate surface area is 149 Å². The van der Waals surface area contributed by atoms with Crippen molar-refractivity contribution in [2.45, 2.75) is 45.4 Å². The molecule has 2 rings (SSSR count). The average Bonchev–Trinajstić information content (AvgIpc) is 3.06. The van der Waals surface area contributed by atoms with E-state index in [-0.39, 0.29) is 23.7 Å². The number of esters is 1. The number of rotatable bonds is 9. The lowest BCUT2D eigenvalue weighted by Crippen LogP contribution is -2.39. The van der Waals surface area contributed by atoms with Crippen LogP contribution in [0, 0.1) is 11.8 Å². The molecule has 1 aliphatic rings. The van der Waals surface area contributed by atoms with E-state index in [1.807, 2.05) is 24.3 Å². The van der Waals surface area contributed by atoms with Crippen molar-refractivity contribution in [2.24, 2.45) is 11.8 Å². The minimum absolute atomic E-state index is 0.0698. The van der Waals surface area contributed by atoms with Crippen LogP contribution >= 0.6 is 0 Å². The molecule has 25 heavy (non-hydrogen) atoms. The third-order valence-corrected chi connectivity index (χ3v) is 4.71. The van der Waals surface area contributed by atoms with Gasteiger partial charge in [0, 0.05) is 17.2 Å². The van der Waals surface area contributed by atoms with Crippen molar-refractivity contribution in [1.82, 2.24) is 10.9 Å². The summed E-state index contributed by atoms with van der Waals surface area (Å²) >= 11 is 0. The van der Waals surface area contributed by atoms with Crippen LogP contribution in [0.2, 0.25) is 0 Å². The molecule has 0 aliphatic heterocycles. The Bertz CT molecular complexity index is 598. The highest BCUT2D eigenvalue weighted by Crippen LogP contribution is 2.35. The van der Waals surface area contributed by atoms with Crippen LogP contribution in [0.3, 0.4) is 0 Å². The van der Waals surface area contributed by atoms with Gasteiger partial charge in [0.1, 0.15) is 0 Å². The second-order valence-corrected chi connectivity index (χ2v) is 6.43. The van der Waals surface area contributed by atoms with Gasteiger partial charge in [-0.3, -0.25) is 15.0 Å². The Morgan fingerprint density at radius 1 is 1.16 bits per heavy atom. The summed E-state index contributed by atoms with van der Waals surface area (Å²) < 4.78 is 4.95. The third kappa shape index (κ3) is 5.34. The lowest BCUT2D eigenvalue weighted by Gasteiger charge is -2.22. The highest BCUT2D eigenvalue weighted by molar-refractivity contribution is 5.93. The monoisotopic (exact) mass is 344 g/mol. The molecule has 5 nitrogen and oxygen atoms in total. The molecule has 2 N–H and O–H groups in total. The summed E-state index contributed by atoms with van der Waals surface area (Å²) in [5.41, 5.74) is 7.28. The fourth-order valence-electron chi connectivity index (χ4n) is 3.28. The Balaban J connectivity index is 1.94. The van der Waals surface area contributed by atoms with Crippen molar-refractivity contribution in [3.05, 3.63) is 47.7 Å². The Morgan fingerprint density at radius 3 is 2.60 bits per heavy atom. The first-order chi connectivity index (χ1) is 12.2. The van der Waals surface area contributed by atoms with Gasteiger partial charge in [-0.2, -0.15) is 0 Å². The van der Waals surface area contributed by atoms with Crippen LogP contribution in [0.1, 0.15) is 55.8 Å². The molecule has 2 atom stereocenters. The normalized spacial score (nSPS) is 19.2. The van der Waals surface area contributed by atoms with Gasteiger partial charge in [0.15, 0.2) is 0 Å². The number of carbonyl (C=O) groups is 2. The first kappa shape index (κ1) is 19.0. The fraction of sp³-hybridized carbons (Fsp3) is 0.500. The zero-order valence-corrected chi connectivity index (χ0v) is 15.1. The highest BCUT2D eigenvalue weighted by atomic mass is 16.5. The number of nitrogens with one attached hydrogen (secondary N) is 2. The standard InChI is InChI=1S/C20H28N2O3/c1-3-4-5-9-12-16-17(20(24)25-2)13-14-18(16)21-22-19(23)15-10-7-6-8-11-15/h6-8,10-11,14,16-17,21H,3-5,9,12-13H2,1-2H3,(H,22,23)/t16-,17-/m0/s1. The number of hydrogen-bond donors (Lipinski definition) is 2. The Hall–Kier alpha value is -2.30. The van der Waals surface area contributed by atoms with E-state index in [4.69, 9.17) is 4.74 Å². The number of benzene rings is 1. The largest absolute Gasteiger partial charge is 0.469 e. The van der Waals surface area contributed by atoms with Crippen molar-refractivity contribution >= 4 is 11.9 Å². The van der Waals surface area contributed by atoms with Gasteiger partial charge in [-0.05, 0) is 25.0 Å². The highest BCUT2D eigenvalue weighted by Gasteiger charge is 2.35. The molecule has 0 unspecified atom stereocenters. The quantitative estimate of drug-likeness (QED) is 0.408. The van der Waals surface area contributed by atoms with Gasteiger partial charge in [-0.1, -0.05) is 56.9 Å². The number of carbonyl (C=O) groups excluding carboxylic acids is 2. The number of hydrogen-bond acceptors (Lipinski definition) is 4. The number of ether oxygens (including phenoxy) is 1. The predicted molar refractivity (Wildman–Crippen MR) is 97.5 cm³/mol. The van der Waals surface area contributed by atoms with Gasteiger partial charge < -0.3 is 10.2 Å². The van der Waals surface area contributed by atoms with Crippen LogP contribution in [0.4, 0.5) is 0 Å². The number of allylic oxidation sites excluding steroid dienone is 2. The van der Waals surface area contributed by atoms with Gasteiger partial charge in [-0.25, -0.2) is 0 Å². The first-order valence-electron chi connectivity index (χ1n) is 9.06. The van der Waals surface area contributed by atoms with E-state index in [0.717, 1.165) is 25.0 Å². The van der Waals surface area contributed by atoms with Crippen LogP contribution < -0.4 is 10.9 Å². The molecule has 1 aromatic rings. The van der Waals surface area contributed by atoms with Crippen LogP contribution in [0.25, 0.3) is 0 Å². The molecule has 1 amide bonds. The molecule has 1 aromatic carbocycles. The molecule has 5 heteroatoms. The number of methoxy groups -OCH3 is 1. The minimum atomic E-state index is -0.187. The molecule has 1 aliphatic carbocycles. The van der Waals surface area contributed by atoms with E-state index in [1.165, 1.54) is 20.0 Å². The molecule has 0 fully saturated rings. The minimum Gasteiger partial charge on any atom is -0.469 e. The molecule has 136 valence electrons. The molecular formula is C20H28N2O3. The molecule has 0 radical (unpaired) electrons. The SMILES string of the molecule is CCCCCC[C@@H]1C(NNC(=O)c2ccccc2)=CC[C@@H]1C(=O)OC. The van der Waals surface area contributed by atoms with E-state index in [9.17, 15) is 9.59 Å². The Morgan fingerprint density at radius 2 is 1.92 bits per heavy atom. The van der Waals surface area contributed by atoms with E-state index >= 15 is 0 Å². The van der Waals surface area contributed by atoms with Gasteiger partial charge in [0.05, 0.1) is 13.0 Å². The summed E-state index contributed by atoms with van der Waals surface area (Å²) in [6.45, 7) is 2.18. The maximum atomic E-state index is 12.2. The average molecular weight is 344 g/mol. The maximum absolute atomic E-state index is 12.2. The zero-order chi connectivity index (χ0) is 18.1. The van der Waals surface area contributed by atoms with E-state index in [1.54, 1.807) is 12.1 Å². The molecule has 0 saturated carbocycles. The van der Waals surface area contributed by atoms with Crippen LogP contribution in [0.5, 0.6) is 0 Å². The lowest BCUT2D eigenvalue weighted by molar-refractivity contribution is -0.146. The van der Waals surface area contributed by atoms with E-state index in [0.29, 0.717) is 12.0 Å². The van der Waals surface area contributed by atoms with E-state index < -0.39 is 0 Å². The van der Waals surface area contributed by atoms with Gasteiger partial charge in [0.2, 0.25) is 0 Å². The summed E-state index contributed by atoms with van der Waals surface area (Å²) in [6, 6.07) is 9.05. The molecule has 0 saturated heterocycles. The smallest absolute Gasteiger partial charge is 0.309 e. The summed E-state index contributed by atoms with van der Waals surface area (Å²) in [6.07, 6.45) is 8.17. The second kappa shape index (κ2) is 9.87. The van der Waals surface area contributed by atoms with Crippen LogP contribution in [0.15, 0.2) is 42.1 Å². The second-order valence-electron chi connectivity index (χ2n) is 6.43. The first-order valence-corrected chi connectivity index (χ1v) is 9.06. The van der Waals surface area contributed by atoms with Crippen molar-refractivity contribution < 1.29 is 14.3 Å². The van der Waals surface area contributed by atoms with Crippen molar-refractivity contribution in [3.8, 4) is 0 Å². The molecule has 0 bridgehead atoms. The maximum Gasteiger partial charge on any atom is 0.309 e. The zero-order valence-electron chi connectivity index (χ0n) is 15.1. The van der Waals surface area contributed by atoms with Crippen molar-refractivity contribution in [2.75, 3.05) is 7.11 Å². The van der Waals surface area contributed by atoms with Crippen molar-refractivity contribution in [1.29, 1.82) is 0 Å². The predicted octanol–water partition coefficient (Wildman–Crippen LogP) is 3.58. The number of hydrazine groups is 1. The summed E-state index contributed by atoms with van der Waals surface area (Å²) in [5, 5.41) is 0.